The van der Waals surface area contributed by atoms with Crippen LogP contribution < -0.4 is 4.74 Å². The van der Waals surface area contributed by atoms with Gasteiger partial charge in [0.1, 0.15) is 12.4 Å². The molecule has 0 saturated heterocycles. The predicted molar refractivity (Wildman–Crippen MR) is 79.8 cm³/mol. The van der Waals surface area contributed by atoms with Crippen molar-refractivity contribution < 1.29 is 14.2 Å². The summed E-state index contributed by atoms with van der Waals surface area (Å²) in [4.78, 5) is 2.27. The summed E-state index contributed by atoms with van der Waals surface area (Å²) in [6.07, 6.45) is 0. The van der Waals surface area contributed by atoms with Gasteiger partial charge in [-0.3, -0.25) is 4.90 Å². The minimum Gasteiger partial charge on any atom is -0.492 e. The molecular formula is C14H22BrNO3. The third-order valence-electron chi connectivity index (χ3n) is 2.70. The van der Waals surface area contributed by atoms with Crippen LogP contribution in [-0.4, -0.2) is 58.6 Å². The number of methoxy groups -OCH3 is 2. The highest BCUT2D eigenvalue weighted by molar-refractivity contribution is 9.10. The normalized spacial score (nSPS) is 10.9. The molecule has 0 aromatic heterocycles. The van der Waals surface area contributed by atoms with Gasteiger partial charge in [-0.1, -0.05) is 22.0 Å². The summed E-state index contributed by atoms with van der Waals surface area (Å²) in [6.45, 7) is 4.74. The minimum absolute atomic E-state index is 0.657. The highest BCUT2D eigenvalue weighted by atomic mass is 79.9. The van der Waals surface area contributed by atoms with Crippen LogP contribution in [0.4, 0.5) is 0 Å². The van der Waals surface area contributed by atoms with E-state index in [0.29, 0.717) is 6.61 Å². The van der Waals surface area contributed by atoms with Crippen LogP contribution in [0, 0.1) is 0 Å². The summed E-state index contributed by atoms with van der Waals surface area (Å²) in [7, 11) is 3.43. The molecule has 108 valence electrons. The van der Waals surface area contributed by atoms with Gasteiger partial charge in [-0.15, -0.1) is 0 Å². The first-order valence-corrected chi connectivity index (χ1v) is 7.14. The van der Waals surface area contributed by atoms with E-state index in [4.69, 9.17) is 14.2 Å². The lowest BCUT2D eigenvalue weighted by molar-refractivity contribution is 0.104. The molecule has 0 unspecified atom stereocenters. The standard InChI is InChI=1S/C14H22BrNO3/c1-17-9-6-16(7-10-18-2)8-11-19-14-5-3-4-13(15)12-14/h3-5,12H,6-11H2,1-2H3. The maximum atomic E-state index is 5.72. The molecule has 0 aliphatic rings. The molecule has 0 N–H and O–H groups in total. The Labute approximate surface area is 123 Å². The minimum atomic E-state index is 0.657. The molecule has 4 nitrogen and oxygen atoms in total. The van der Waals surface area contributed by atoms with Crippen LogP contribution >= 0.6 is 15.9 Å². The number of hydrogen-bond acceptors (Lipinski definition) is 4. The molecule has 0 aliphatic carbocycles. The molecule has 0 radical (unpaired) electrons. The second-order valence-corrected chi connectivity index (χ2v) is 5.05. The summed E-state index contributed by atoms with van der Waals surface area (Å²) in [5.74, 6) is 0.882. The maximum Gasteiger partial charge on any atom is 0.120 e. The van der Waals surface area contributed by atoms with E-state index in [2.05, 4.69) is 20.8 Å². The van der Waals surface area contributed by atoms with Crippen molar-refractivity contribution in [3.05, 3.63) is 28.7 Å². The highest BCUT2D eigenvalue weighted by Crippen LogP contribution is 2.17. The summed E-state index contributed by atoms with van der Waals surface area (Å²) < 4.78 is 17.0. The van der Waals surface area contributed by atoms with Crippen LogP contribution in [0.25, 0.3) is 0 Å². The van der Waals surface area contributed by atoms with Gasteiger partial charge in [0, 0.05) is 38.3 Å². The molecule has 1 rings (SSSR count). The van der Waals surface area contributed by atoms with E-state index in [-0.39, 0.29) is 0 Å². The van der Waals surface area contributed by atoms with Crippen molar-refractivity contribution in [3.63, 3.8) is 0 Å². The van der Waals surface area contributed by atoms with Gasteiger partial charge in [0.15, 0.2) is 0 Å². The Balaban J connectivity index is 2.29. The van der Waals surface area contributed by atoms with Crippen molar-refractivity contribution >= 4 is 15.9 Å². The molecule has 5 heteroatoms. The van der Waals surface area contributed by atoms with Crippen molar-refractivity contribution in [2.24, 2.45) is 0 Å². The summed E-state index contributed by atoms with van der Waals surface area (Å²) in [5.41, 5.74) is 0. The van der Waals surface area contributed by atoms with Crippen molar-refractivity contribution in [1.82, 2.24) is 4.90 Å². The number of halogens is 1. The van der Waals surface area contributed by atoms with Gasteiger partial charge in [0.05, 0.1) is 13.2 Å². The van der Waals surface area contributed by atoms with Crippen LogP contribution in [0.2, 0.25) is 0 Å². The lowest BCUT2D eigenvalue weighted by atomic mass is 10.3. The number of nitrogens with zero attached hydrogens (tertiary/aromatic N) is 1. The van der Waals surface area contributed by atoms with Gasteiger partial charge in [-0.2, -0.15) is 0 Å². The smallest absolute Gasteiger partial charge is 0.120 e. The van der Waals surface area contributed by atoms with Crippen LogP contribution in [0.15, 0.2) is 28.7 Å². The Morgan fingerprint density at radius 3 is 2.21 bits per heavy atom. The Kier molecular flexibility index (Phi) is 8.82. The van der Waals surface area contributed by atoms with E-state index >= 15 is 0 Å². The van der Waals surface area contributed by atoms with Gasteiger partial charge < -0.3 is 14.2 Å². The van der Waals surface area contributed by atoms with Gasteiger partial charge in [0.25, 0.3) is 0 Å². The molecule has 1 aromatic carbocycles. The topological polar surface area (TPSA) is 30.9 Å². The zero-order valence-corrected chi connectivity index (χ0v) is 13.2. The fourth-order valence-electron chi connectivity index (χ4n) is 1.63. The van der Waals surface area contributed by atoms with Crippen molar-refractivity contribution in [2.45, 2.75) is 0 Å². The second-order valence-electron chi connectivity index (χ2n) is 4.13. The largest absolute Gasteiger partial charge is 0.492 e. The molecule has 0 fully saturated rings. The Morgan fingerprint density at radius 2 is 1.63 bits per heavy atom. The third-order valence-corrected chi connectivity index (χ3v) is 3.19. The van der Waals surface area contributed by atoms with Crippen molar-refractivity contribution in [1.29, 1.82) is 0 Å². The van der Waals surface area contributed by atoms with E-state index in [1.807, 2.05) is 24.3 Å². The first-order valence-electron chi connectivity index (χ1n) is 6.35. The molecule has 1 aromatic rings. The predicted octanol–water partition coefficient (Wildman–Crippen LogP) is 2.42. The molecule has 0 atom stereocenters. The summed E-state index contributed by atoms with van der Waals surface area (Å²) >= 11 is 3.43. The van der Waals surface area contributed by atoms with E-state index in [1.54, 1.807) is 14.2 Å². The quantitative estimate of drug-likeness (QED) is 0.658. The molecule has 0 amide bonds. The van der Waals surface area contributed by atoms with Crippen molar-refractivity contribution in [2.75, 3.05) is 53.7 Å². The van der Waals surface area contributed by atoms with E-state index < -0.39 is 0 Å². The number of benzene rings is 1. The van der Waals surface area contributed by atoms with Gasteiger partial charge in [-0.25, -0.2) is 0 Å². The molecular weight excluding hydrogens is 310 g/mol. The average Bonchev–Trinajstić information content (AvgIpc) is 2.41. The van der Waals surface area contributed by atoms with E-state index in [0.717, 1.165) is 43.1 Å². The van der Waals surface area contributed by atoms with Gasteiger partial charge in [0.2, 0.25) is 0 Å². The highest BCUT2D eigenvalue weighted by Gasteiger charge is 2.04. The monoisotopic (exact) mass is 331 g/mol. The molecule has 0 bridgehead atoms. The van der Waals surface area contributed by atoms with Crippen LogP contribution in [-0.2, 0) is 9.47 Å². The zero-order valence-electron chi connectivity index (χ0n) is 11.6. The summed E-state index contributed by atoms with van der Waals surface area (Å²) in [5, 5.41) is 0. The fourth-order valence-corrected chi connectivity index (χ4v) is 2.00. The third kappa shape index (κ3) is 7.52. The van der Waals surface area contributed by atoms with Gasteiger partial charge in [-0.05, 0) is 18.2 Å². The molecule has 0 saturated carbocycles. The first-order chi connectivity index (χ1) is 9.26. The summed E-state index contributed by atoms with van der Waals surface area (Å²) in [6, 6.07) is 7.87. The average molecular weight is 332 g/mol. The lowest BCUT2D eigenvalue weighted by Crippen LogP contribution is -2.34. The molecule has 0 aliphatic heterocycles. The first kappa shape index (κ1) is 16.4. The van der Waals surface area contributed by atoms with Crippen LogP contribution in [0.1, 0.15) is 0 Å². The van der Waals surface area contributed by atoms with E-state index in [9.17, 15) is 0 Å². The number of hydrogen-bond donors (Lipinski definition) is 0. The van der Waals surface area contributed by atoms with Gasteiger partial charge >= 0.3 is 0 Å². The Morgan fingerprint density at radius 1 is 1.00 bits per heavy atom. The van der Waals surface area contributed by atoms with Crippen LogP contribution in [0.3, 0.4) is 0 Å². The van der Waals surface area contributed by atoms with E-state index in [1.165, 1.54) is 0 Å². The molecule has 0 spiro atoms. The fraction of sp³-hybridized carbons (Fsp3) is 0.571. The SMILES string of the molecule is COCCN(CCOC)CCOc1cccc(Br)c1. The van der Waals surface area contributed by atoms with Crippen molar-refractivity contribution in [3.8, 4) is 5.75 Å². The Hall–Kier alpha value is -0.620. The maximum absolute atomic E-state index is 5.72. The second kappa shape index (κ2) is 10.2. The number of ether oxygens (including phenoxy) is 3. The van der Waals surface area contributed by atoms with Crippen LogP contribution in [0.5, 0.6) is 5.75 Å². The Bertz CT molecular complexity index is 341. The zero-order chi connectivity index (χ0) is 13.9. The molecule has 19 heavy (non-hydrogen) atoms. The number of rotatable bonds is 10. The molecule has 0 heterocycles. The lowest BCUT2D eigenvalue weighted by Gasteiger charge is -2.21.